The van der Waals surface area contributed by atoms with E-state index in [0.717, 1.165) is 5.56 Å². The molecule has 1 aliphatic heterocycles. The molecule has 0 aromatic heterocycles. The molecule has 0 fully saturated rings. The minimum absolute atomic E-state index is 0.138. The number of ketones is 1. The number of carboxylic acid groups (broad SMARTS) is 1. The van der Waals surface area contributed by atoms with Gasteiger partial charge in [-0.25, -0.2) is 4.79 Å². The summed E-state index contributed by atoms with van der Waals surface area (Å²) in [5, 5.41) is 20.6. The molecule has 2 atom stereocenters. The van der Waals surface area contributed by atoms with Gasteiger partial charge in [0.2, 0.25) is 5.78 Å². The van der Waals surface area contributed by atoms with Crippen molar-refractivity contribution in [2.24, 2.45) is 0 Å². The second kappa shape index (κ2) is 9.31. The van der Waals surface area contributed by atoms with E-state index in [1.165, 1.54) is 25.1 Å². The average molecular weight is 427 g/mol. The Morgan fingerprint density at radius 2 is 1.97 bits per heavy atom. The van der Waals surface area contributed by atoms with E-state index in [1.807, 2.05) is 0 Å². The van der Waals surface area contributed by atoms with Crippen LogP contribution in [0.2, 0.25) is 0 Å². The van der Waals surface area contributed by atoms with E-state index in [1.54, 1.807) is 37.5 Å². The minimum Gasteiger partial charge on any atom is -0.497 e. The predicted molar refractivity (Wildman–Crippen MR) is 109 cm³/mol. The molecule has 1 amide bonds. The molecule has 3 N–H and O–H groups in total. The highest BCUT2D eigenvalue weighted by molar-refractivity contribution is 6.14. The summed E-state index contributed by atoms with van der Waals surface area (Å²) in [6.45, 7) is 0.779. The Bertz CT molecular complexity index is 1040. The van der Waals surface area contributed by atoms with Crippen LogP contribution in [-0.4, -0.2) is 53.7 Å². The number of hydrogen-bond donors (Lipinski definition) is 3. The lowest BCUT2D eigenvalue weighted by Crippen LogP contribution is -2.49. The number of carbonyl (C=O) groups excluding carboxylic acids is 2. The molecular formula is C22H21NO8. The summed E-state index contributed by atoms with van der Waals surface area (Å²) < 4.78 is 16.2. The number of aliphatic hydroxyl groups excluding tert-OH is 1. The number of Topliss-reactive ketones (excluding diaryl/α,β-unsaturated/α-hetero) is 1. The zero-order valence-electron chi connectivity index (χ0n) is 16.8. The number of carbonyl (C=O) groups is 3. The number of aliphatic carboxylic acids is 1. The van der Waals surface area contributed by atoms with Crippen LogP contribution in [0.4, 0.5) is 0 Å². The van der Waals surface area contributed by atoms with Crippen LogP contribution in [0.3, 0.4) is 0 Å². The maximum Gasteiger partial charge on any atom is 0.328 e. The maximum atomic E-state index is 12.6. The quantitative estimate of drug-likeness (QED) is 0.542. The van der Waals surface area contributed by atoms with E-state index in [9.17, 15) is 19.5 Å². The zero-order chi connectivity index (χ0) is 22.5. The van der Waals surface area contributed by atoms with Crippen molar-refractivity contribution in [1.29, 1.82) is 0 Å². The second-order valence-corrected chi connectivity index (χ2v) is 6.79. The molecule has 0 bridgehead atoms. The molecule has 0 spiro atoms. The summed E-state index contributed by atoms with van der Waals surface area (Å²) in [5.74, 6) is -1.04. The van der Waals surface area contributed by atoms with E-state index < -0.39 is 30.6 Å². The third-order valence-electron chi connectivity index (χ3n) is 4.47. The van der Waals surface area contributed by atoms with Crippen molar-refractivity contribution in [3.63, 3.8) is 0 Å². The predicted octanol–water partition coefficient (Wildman–Crippen LogP) is 1.64. The third kappa shape index (κ3) is 5.20. The first-order valence-corrected chi connectivity index (χ1v) is 9.34. The maximum absolute atomic E-state index is 12.6. The molecule has 0 aliphatic carbocycles. The molecule has 3 rings (SSSR count). The Kier molecular flexibility index (Phi) is 6.56. The fourth-order valence-corrected chi connectivity index (χ4v) is 2.89. The largest absolute Gasteiger partial charge is 0.497 e. The van der Waals surface area contributed by atoms with Gasteiger partial charge in [-0.2, -0.15) is 0 Å². The summed E-state index contributed by atoms with van der Waals surface area (Å²) in [5.41, 5.74) is 1.08. The smallest absolute Gasteiger partial charge is 0.328 e. The van der Waals surface area contributed by atoms with Crippen molar-refractivity contribution in [2.75, 3.05) is 13.7 Å². The Morgan fingerprint density at radius 3 is 2.65 bits per heavy atom. The van der Waals surface area contributed by atoms with Gasteiger partial charge < -0.3 is 29.7 Å². The first-order valence-electron chi connectivity index (χ1n) is 9.34. The number of fused-ring (bicyclic) bond motifs is 1. The van der Waals surface area contributed by atoms with E-state index in [-0.39, 0.29) is 23.0 Å². The molecule has 0 unspecified atom stereocenters. The molecule has 9 heteroatoms. The lowest BCUT2D eigenvalue weighted by atomic mass is 10.1. The molecular weight excluding hydrogens is 406 g/mol. The number of rotatable bonds is 8. The van der Waals surface area contributed by atoms with Gasteiger partial charge in [-0.15, -0.1) is 0 Å². The fraction of sp³-hybridized carbons (Fsp3) is 0.227. The van der Waals surface area contributed by atoms with E-state index in [0.29, 0.717) is 11.3 Å². The summed E-state index contributed by atoms with van der Waals surface area (Å²) in [4.78, 5) is 35.5. The molecule has 0 radical (unpaired) electrons. The van der Waals surface area contributed by atoms with Gasteiger partial charge in [-0.3, -0.25) is 9.59 Å². The number of hydrogen-bond acceptors (Lipinski definition) is 7. The van der Waals surface area contributed by atoms with Crippen molar-refractivity contribution in [2.45, 2.75) is 19.1 Å². The molecule has 1 aliphatic rings. The number of benzene rings is 2. The van der Waals surface area contributed by atoms with Crippen LogP contribution in [0.1, 0.15) is 22.8 Å². The molecule has 0 saturated carbocycles. The van der Waals surface area contributed by atoms with Gasteiger partial charge in [0.1, 0.15) is 17.2 Å². The minimum atomic E-state index is -1.44. The Hall–Kier alpha value is -3.85. The second-order valence-electron chi connectivity index (χ2n) is 6.79. The van der Waals surface area contributed by atoms with Crippen LogP contribution in [0.15, 0.2) is 48.2 Å². The fourth-order valence-electron chi connectivity index (χ4n) is 2.89. The number of aliphatic hydroxyl groups is 1. The van der Waals surface area contributed by atoms with Crippen molar-refractivity contribution in [3.05, 3.63) is 59.4 Å². The van der Waals surface area contributed by atoms with E-state index in [2.05, 4.69) is 5.32 Å². The van der Waals surface area contributed by atoms with Crippen LogP contribution in [0.25, 0.3) is 6.08 Å². The molecule has 162 valence electrons. The average Bonchev–Trinajstić information content (AvgIpc) is 3.04. The highest BCUT2D eigenvalue weighted by atomic mass is 16.5. The molecule has 31 heavy (non-hydrogen) atoms. The van der Waals surface area contributed by atoms with Gasteiger partial charge in [-0.05, 0) is 42.8 Å². The lowest BCUT2D eigenvalue weighted by Gasteiger charge is -2.17. The van der Waals surface area contributed by atoms with Crippen LogP contribution in [0.5, 0.6) is 17.2 Å². The molecule has 2 aromatic rings. The van der Waals surface area contributed by atoms with Gasteiger partial charge in [-0.1, -0.05) is 12.1 Å². The summed E-state index contributed by atoms with van der Waals surface area (Å²) >= 11 is 0. The monoisotopic (exact) mass is 427 g/mol. The third-order valence-corrected chi connectivity index (χ3v) is 4.47. The van der Waals surface area contributed by atoms with Crippen molar-refractivity contribution >= 4 is 23.7 Å². The Balaban J connectivity index is 1.67. The molecule has 0 saturated heterocycles. The Morgan fingerprint density at radius 1 is 1.19 bits per heavy atom. The summed E-state index contributed by atoms with van der Waals surface area (Å²) in [6.07, 6.45) is 0.330. The van der Waals surface area contributed by atoms with Crippen LogP contribution >= 0.6 is 0 Å². The highest BCUT2D eigenvalue weighted by Crippen LogP contribution is 2.35. The topological polar surface area (TPSA) is 131 Å². The Labute approximate surface area is 177 Å². The van der Waals surface area contributed by atoms with Crippen LogP contribution in [0, 0.1) is 0 Å². The van der Waals surface area contributed by atoms with Gasteiger partial charge in [0.15, 0.2) is 18.4 Å². The van der Waals surface area contributed by atoms with Crippen molar-refractivity contribution in [1.82, 2.24) is 5.32 Å². The van der Waals surface area contributed by atoms with E-state index >= 15 is 0 Å². The van der Waals surface area contributed by atoms with Gasteiger partial charge >= 0.3 is 5.97 Å². The number of nitrogens with one attached hydrogen (secondary N) is 1. The van der Waals surface area contributed by atoms with Gasteiger partial charge in [0.05, 0.1) is 18.8 Å². The van der Waals surface area contributed by atoms with Gasteiger partial charge in [0, 0.05) is 6.07 Å². The molecule has 9 nitrogen and oxygen atoms in total. The number of carboxylic acids is 1. The highest BCUT2D eigenvalue weighted by Gasteiger charge is 2.28. The van der Waals surface area contributed by atoms with Crippen LogP contribution < -0.4 is 19.5 Å². The zero-order valence-corrected chi connectivity index (χ0v) is 16.8. The lowest BCUT2D eigenvalue weighted by molar-refractivity contribution is -0.145. The van der Waals surface area contributed by atoms with Crippen LogP contribution in [-0.2, 0) is 9.59 Å². The number of allylic oxidation sites excluding steroid dienone is 1. The number of amides is 1. The first kappa shape index (κ1) is 21.8. The molecule has 2 aromatic carbocycles. The van der Waals surface area contributed by atoms with Crippen molar-refractivity contribution in [3.8, 4) is 17.2 Å². The standard InChI is InChI=1S/C22H21NO8/c1-12(24)20(22(27)28)23-19(25)11-30-15-6-7-16-17(10-15)31-18(21(16)26)9-13-4-3-5-14(8-13)29-2/h3-10,12,20,24H,11H2,1-2H3,(H,23,25)(H,27,28)/b18-9-/t12-,20+/m1/s1. The van der Waals surface area contributed by atoms with E-state index in [4.69, 9.17) is 19.3 Å². The SMILES string of the molecule is COc1cccc(/C=C2\Oc3cc(OCC(=O)N[C@H](C(=O)O)[C@@H](C)O)ccc3C2=O)c1. The normalized spacial score (nSPS) is 15.6. The first-order chi connectivity index (χ1) is 14.8. The summed E-state index contributed by atoms with van der Waals surface area (Å²) in [6, 6.07) is 10.2. The summed E-state index contributed by atoms with van der Waals surface area (Å²) in [7, 11) is 1.55. The molecule has 1 heterocycles. The number of ether oxygens (including phenoxy) is 3. The van der Waals surface area contributed by atoms with Gasteiger partial charge in [0.25, 0.3) is 5.91 Å². The van der Waals surface area contributed by atoms with Crippen molar-refractivity contribution < 1.29 is 38.8 Å². The number of methoxy groups -OCH3 is 1.